The summed E-state index contributed by atoms with van der Waals surface area (Å²) in [5.74, 6) is -2.89. The molecule has 41 heavy (non-hydrogen) atoms. The number of amides is 4. The van der Waals surface area contributed by atoms with E-state index in [9.17, 15) is 39.3 Å². The van der Waals surface area contributed by atoms with Gasteiger partial charge in [0.25, 0.3) is 0 Å². The molecule has 12 nitrogen and oxygen atoms in total. The average Bonchev–Trinajstić information content (AvgIpc) is 2.89. The topological polar surface area (TPSA) is 168 Å². The molecule has 1 aromatic carbocycles. The molecule has 0 aliphatic heterocycles. The molecule has 0 spiro atoms. The summed E-state index contributed by atoms with van der Waals surface area (Å²) in [5, 5.41) is 30.8. The molecule has 1 rings (SSSR count). The standard InChI is InChI=1S/C29H46N4O8/c1-21(2)16-24(29(40)41)30-25(36)10-11-31(12-14-34)27(38)19-32(13-15-35)28(39)20-33(18-22(3)4)26(37)17-23-8-6-5-7-9-23/h5-9,21-22,24,34-35H,10-20H2,1-4H3,(H,30,36)(H,40,41)/t24-/m0/s1. The first-order chi connectivity index (χ1) is 19.4. The maximum Gasteiger partial charge on any atom is 0.326 e. The summed E-state index contributed by atoms with van der Waals surface area (Å²) >= 11 is 0. The van der Waals surface area contributed by atoms with Crippen molar-refractivity contribution in [3.8, 4) is 0 Å². The molecule has 0 aromatic heterocycles. The fourth-order valence-corrected chi connectivity index (χ4v) is 4.19. The van der Waals surface area contributed by atoms with Crippen LogP contribution in [0.25, 0.3) is 0 Å². The molecule has 0 saturated heterocycles. The van der Waals surface area contributed by atoms with Gasteiger partial charge in [-0.1, -0.05) is 58.0 Å². The van der Waals surface area contributed by atoms with Crippen LogP contribution in [0.4, 0.5) is 0 Å². The Balaban J connectivity index is 2.88. The van der Waals surface area contributed by atoms with Crippen molar-refractivity contribution in [3.05, 3.63) is 35.9 Å². The summed E-state index contributed by atoms with van der Waals surface area (Å²) in [5.41, 5.74) is 0.809. The minimum atomic E-state index is -1.15. The fraction of sp³-hybridized carbons (Fsp3) is 0.621. The first kappa shape index (κ1) is 35.5. The number of nitrogens with zero attached hydrogens (tertiary/aromatic N) is 3. The summed E-state index contributed by atoms with van der Waals surface area (Å²) in [6.45, 7) is 6.02. The van der Waals surface area contributed by atoms with Crippen molar-refractivity contribution in [2.45, 2.75) is 53.0 Å². The zero-order valence-corrected chi connectivity index (χ0v) is 24.6. The Morgan fingerprint density at radius 1 is 0.756 bits per heavy atom. The van der Waals surface area contributed by atoms with E-state index < -0.39 is 42.9 Å². The highest BCUT2D eigenvalue weighted by Crippen LogP contribution is 2.08. The van der Waals surface area contributed by atoms with E-state index in [1.54, 1.807) is 0 Å². The van der Waals surface area contributed by atoms with Gasteiger partial charge in [-0.3, -0.25) is 19.2 Å². The van der Waals surface area contributed by atoms with E-state index in [0.29, 0.717) is 6.54 Å². The number of aliphatic hydroxyl groups excluding tert-OH is 2. The van der Waals surface area contributed by atoms with Crippen LogP contribution in [0.3, 0.4) is 0 Å². The van der Waals surface area contributed by atoms with Crippen molar-refractivity contribution in [1.82, 2.24) is 20.0 Å². The van der Waals surface area contributed by atoms with Gasteiger partial charge in [0, 0.05) is 32.6 Å². The van der Waals surface area contributed by atoms with Crippen LogP contribution in [-0.2, 0) is 30.4 Å². The fourth-order valence-electron chi connectivity index (χ4n) is 4.19. The normalized spacial score (nSPS) is 11.7. The maximum absolute atomic E-state index is 13.2. The molecule has 0 unspecified atom stereocenters. The molecule has 0 aliphatic rings. The number of hydrogen-bond donors (Lipinski definition) is 4. The van der Waals surface area contributed by atoms with Crippen LogP contribution in [0.2, 0.25) is 0 Å². The molecular formula is C29H46N4O8. The molecule has 1 aromatic rings. The van der Waals surface area contributed by atoms with Crippen molar-refractivity contribution in [1.29, 1.82) is 0 Å². The molecule has 0 heterocycles. The Labute approximate surface area is 242 Å². The van der Waals surface area contributed by atoms with Crippen LogP contribution >= 0.6 is 0 Å². The highest BCUT2D eigenvalue weighted by Gasteiger charge is 2.26. The number of hydrogen-bond acceptors (Lipinski definition) is 7. The number of carboxylic acids is 1. The zero-order valence-electron chi connectivity index (χ0n) is 24.6. The van der Waals surface area contributed by atoms with Gasteiger partial charge in [-0.25, -0.2) is 4.79 Å². The van der Waals surface area contributed by atoms with Crippen LogP contribution in [0.5, 0.6) is 0 Å². The molecule has 0 saturated carbocycles. The molecule has 0 aliphatic carbocycles. The second kappa shape index (κ2) is 18.8. The minimum Gasteiger partial charge on any atom is -0.480 e. The largest absolute Gasteiger partial charge is 0.480 e. The Bertz CT molecular complexity index is 986. The van der Waals surface area contributed by atoms with Crippen LogP contribution in [-0.4, -0.2) is 118 Å². The molecule has 0 fully saturated rings. The smallest absolute Gasteiger partial charge is 0.326 e. The van der Waals surface area contributed by atoms with E-state index >= 15 is 0 Å². The molecular weight excluding hydrogens is 532 g/mol. The predicted molar refractivity (Wildman–Crippen MR) is 153 cm³/mol. The molecule has 4 amide bonds. The first-order valence-corrected chi connectivity index (χ1v) is 14.0. The third-order valence-corrected chi connectivity index (χ3v) is 6.18. The lowest BCUT2D eigenvalue weighted by atomic mass is 10.0. The van der Waals surface area contributed by atoms with Crippen molar-refractivity contribution in [2.24, 2.45) is 11.8 Å². The molecule has 230 valence electrons. The van der Waals surface area contributed by atoms with Gasteiger partial charge in [-0.2, -0.15) is 0 Å². The molecule has 1 atom stereocenters. The Morgan fingerprint density at radius 3 is 1.85 bits per heavy atom. The van der Waals surface area contributed by atoms with E-state index in [0.717, 1.165) is 10.5 Å². The summed E-state index contributed by atoms with van der Waals surface area (Å²) in [7, 11) is 0. The number of rotatable bonds is 19. The van der Waals surface area contributed by atoms with Crippen LogP contribution in [0.1, 0.15) is 46.1 Å². The van der Waals surface area contributed by atoms with E-state index in [2.05, 4.69) is 5.32 Å². The van der Waals surface area contributed by atoms with Crippen molar-refractivity contribution in [3.63, 3.8) is 0 Å². The number of aliphatic hydroxyl groups is 2. The minimum absolute atomic E-state index is 0.0454. The van der Waals surface area contributed by atoms with Gasteiger partial charge >= 0.3 is 5.97 Å². The van der Waals surface area contributed by atoms with Crippen molar-refractivity contribution >= 4 is 29.6 Å². The quantitative estimate of drug-likeness (QED) is 0.183. The van der Waals surface area contributed by atoms with Gasteiger partial charge < -0.3 is 35.3 Å². The lowest BCUT2D eigenvalue weighted by Gasteiger charge is -2.30. The third kappa shape index (κ3) is 14.1. The number of benzene rings is 1. The van der Waals surface area contributed by atoms with Crippen molar-refractivity contribution < 1.29 is 39.3 Å². The number of nitrogens with one attached hydrogen (secondary N) is 1. The Morgan fingerprint density at radius 2 is 1.32 bits per heavy atom. The lowest BCUT2D eigenvalue weighted by molar-refractivity contribution is -0.145. The monoisotopic (exact) mass is 578 g/mol. The van der Waals surface area contributed by atoms with E-state index in [-0.39, 0.29) is 69.8 Å². The highest BCUT2D eigenvalue weighted by atomic mass is 16.4. The van der Waals surface area contributed by atoms with Crippen molar-refractivity contribution in [2.75, 3.05) is 52.5 Å². The number of aliphatic carboxylic acids is 1. The van der Waals surface area contributed by atoms with E-state index in [1.165, 1.54) is 9.80 Å². The van der Waals surface area contributed by atoms with Crippen LogP contribution in [0, 0.1) is 11.8 Å². The highest BCUT2D eigenvalue weighted by molar-refractivity contribution is 5.89. The SMILES string of the molecule is CC(C)C[C@H](NC(=O)CCN(CCO)C(=O)CN(CCO)C(=O)CN(CC(C)C)C(=O)Cc1ccccc1)C(=O)O. The Kier molecular flexibility index (Phi) is 16.3. The lowest BCUT2D eigenvalue weighted by Crippen LogP contribution is -2.50. The number of carbonyl (C=O) groups excluding carboxylic acids is 4. The van der Waals surface area contributed by atoms with Gasteiger partial charge in [0.15, 0.2) is 0 Å². The summed E-state index contributed by atoms with van der Waals surface area (Å²) in [6, 6.07) is 8.10. The third-order valence-electron chi connectivity index (χ3n) is 6.18. The number of carbonyl (C=O) groups is 5. The molecule has 0 radical (unpaired) electrons. The van der Waals surface area contributed by atoms with E-state index in [1.807, 2.05) is 58.0 Å². The predicted octanol–water partition coefficient (Wildman–Crippen LogP) is 0.361. The second-order valence-corrected chi connectivity index (χ2v) is 10.8. The van der Waals surface area contributed by atoms with Gasteiger partial charge in [0.05, 0.1) is 32.7 Å². The molecule has 0 bridgehead atoms. The first-order valence-electron chi connectivity index (χ1n) is 14.0. The average molecular weight is 579 g/mol. The Hall–Kier alpha value is -3.51. The summed E-state index contributed by atoms with van der Waals surface area (Å²) in [4.78, 5) is 67.0. The van der Waals surface area contributed by atoms with E-state index in [4.69, 9.17) is 0 Å². The summed E-state index contributed by atoms with van der Waals surface area (Å²) < 4.78 is 0. The number of carboxylic acid groups (broad SMARTS) is 1. The summed E-state index contributed by atoms with van der Waals surface area (Å²) in [6.07, 6.45) is 0.171. The van der Waals surface area contributed by atoms with Crippen LogP contribution in [0.15, 0.2) is 30.3 Å². The maximum atomic E-state index is 13.2. The van der Waals surface area contributed by atoms with Gasteiger partial charge in [-0.05, 0) is 23.8 Å². The molecule has 4 N–H and O–H groups in total. The molecule has 12 heteroatoms. The van der Waals surface area contributed by atoms with Gasteiger partial charge in [0.2, 0.25) is 23.6 Å². The van der Waals surface area contributed by atoms with Gasteiger partial charge in [0.1, 0.15) is 6.04 Å². The second-order valence-electron chi connectivity index (χ2n) is 10.8. The van der Waals surface area contributed by atoms with Gasteiger partial charge in [-0.15, -0.1) is 0 Å². The van der Waals surface area contributed by atoms with Crippen LogP contribution < -0.4 is 5.32 Å². The zero-order chi connectivity index (χ0) is 30.9.